The highest BCUT2D eigenvalue weighted by Crippen LogP contribution is 2.20. The standard InChI is InChI=1S/C17H16N2O/c1-2-12-18-13-17(20)19-16-10-8-15(9-11-16)14-6-4-3-5-7-14/h1,3-11,18H,12-13H2,(H,19,20). The van der Waals surface area contributed by atoms with Crippen LogP contribution >= 0.6 is 0 Å². The predicted octanol–water partition coefficient (Wildman–Crippen LogP) is 2.51. The van der Waals surface area contributed by atoms with Crippen LogP contribution in [0, 0.1) is 12.3 Å². The van der Waals surface area contributed by atoms with Crippen LogP contribution in [0.25, 0.3) is 11.1 Å². The maximum atomic E-state index is 11.6. The maximum Gasteiger partial charge on any atom is 0.238 e. The fraction of sp³-hybridized carbons (Fsp3) is 0.118. The summed E-state index contributed by atoms with van der Waals surface area (Å²) in [5.41, 5.74) is 3.05. The van der Waals surface area contributed by atoms with Crippen LogP contribution in [0.4, 0.5) is 5.69 Å². The smallest absolute Gasteiger partial charge is 0.238 e. The highest BCUT2D eigenvalue weighted by atomic mass is 16.1. The van der Waals surface area contributed by atoms with Crippen LogP contribution in [-0.4, -0.2) is 19.0 Å². The number of nitrogens with one attached hydrogen (secondary N) is 2. The van der Waals surface area contributed by atoms with Crippen LogP contribution in [0.3, 0.4) is 0 Å². The Labute approximate surface area is 119 Å². The molecule has 0 heterocycles. The van der Waals surface area contributed by atoms with Gasteiger partial charge in [0.15, 0.2) is 0 Å². The number of hydrogen-bond acceptors (Lipinski definition) is 2. The Morgan fingerprint density at radius 2 is 1.65 bits per heavy atom. The lowest BCUT2D eigenvalue weighted by atomic mass is 10.1. The molecule has 1 amide bonds. The van der Waals surface area contributed by atoms with E-state index in [1.165, 1.54) is 0 Å². The first-order valence-corrected chi connectivity index (χ1v) is 6.39. The monoisotopic (exact) mass is 264 g/mol. The van der Waals surface area contributed by atoms with Gasteiger partial charge in [-0.2, -0.15) is 0 Å². The molecular weight excluding hydrogens is 248 g/mol. The number of benzene rings is 2. The van der Waals surface area contributed by atoms with E-state index < -0.39 is 0 Å². The Morgan fingerprint density at radius 3 is 2.30 bits per heavy atom. The van der Waals surface area contributed by atoms with Crippen molar-refractivity contribution in [2.45, 2.75) is 0 Å². The topological polar surface area (TPSA) is 41.1 Å². The van der Waals surface area contributed by atoms with Crippen molar-refractivity contribution in [2.24, 2.45) is 0 Å². The number of anilines is 1. The van der Waals surface area contributed by atoms with E-state index in [0.29, 0.717) is 6.54 Å². The summed E-state index contributed by atoms with van der Waals surface area (Å²) in [6.07, 6.45) is 5.10. The molecular formula is C17H16N2O. The Kier molecular flexibility index (Phi) is 4.94. The van der Waals surface area contributed by atoms with E-state index >= 15 is 0 Å². The van der Waals surface area contributed by atoms with Gasteiger partial charge in [0.05, 0.1) is 13.1 Å². The number of amides is 1. The largest absolute Gasteiger partial charge is 0.325 e. The van der Waals surface area contributed by atoms with Gasteiger partial charge in [-0.05, 0) is 23.3 Å². The zero-order chi connectivity index (χ0) is 14.2. The number of terminal acetylenes is 1. The summed E-state index contributed by atoms with van der Waals surface area (Å²) >= 11 is 0. The molecule has 0 radical (unpaired) electrons. The molecule has 0 aromatic heterocycles. The Bertz CT molecular complexity index is 597. The molecule has 2 rings (SSSR count). The zero-order valence-corrected chi connectivity index (χ0v) is 11.1. The van der Waals surface area contributed by atoms with Gasteiger partial charge in [-0.1, -0.05) is 48.4 Å². The highest BCUT2D eigenvalue weighted by molar-refractivity contribution is 5.92. The summed E-state index contributed by atoms with van der Waals surface area (Å²) in [4.78, 5) is 11.6. The van der Waals surface area contributed by atoms with Crippen molar-refractivity contribution < 1.29 is 4.79 Å². The van der Waals surface area contributed by atoms with E-state index in [1.54, 1.807) is 0 Å². The number of carbonyl (C=O) groups is 1. The summed E-state index contributed by atoms with van der Waals surface area (Å²) in [5.74, 6) is 2.32. The number of carbonyl (C=O) groups excluding carboxylic acids is 1. The average Bonchev–Trinajstić information content (AvgIpc) is 2.49. The van der Waals surface area contributed by atoms with E-state index in [1.807, 2.05) is 42.5 Å². The van der Waals surface area contributed by atoms with Crippen molar-refractivity contribution in [3.63, 3.8) is 0 Å². The third kappa shape index (κ3) is 3.98. The molecule has 3 heteroatoms. The van der Waals surface area contributed by atoms with Crippen LogP contribution in [0.2, 0.25) is 0 Å². The van der Waals surface area contributed by atoms with Crippen LogP contribution in [0.1, 0.15) is 0 Å². The van der Waals surface area contributed by atoms with Crippen molar-refractivity contribution in [1.82, 2.24) is 5.32 Å². The van der Waals surface area contributed by atoms with Crippen molar-refractivity contribution in [3.05, 3.63) is 54.6 Å². The summed E-state index contributed by atoms with van der Waals surface area (Å²) in [5, 5.41) is 5.65. The third-order valence-corrected chi connectivity index (χ3v) is 2.79. The minimum absolute atomic E-state index is 0.104. The SMILES string of the molecule is C#CCNCC(=O)Nc1ccc(-c2ccccc2)cc1. The summed E-state index contributed by atoms with van der Waals surface area (Å²) in [6.45, 7) is 0.602. The summed E-state index contributed by atoms with van der Waals surface area (Å²) in [7, 11) is 0. The van der Waals surface area contributed by atoms with E-state index in [-0.39, 0.29) is 12.5 Å². The van der Waals surface area contributed by atoms with Gasteiger partial charge >= 0.3 is 0 Å². The highest BCUT2D eigenvalue weighted by Gasteiger charge is 2.02. The first kappa shape index (κ1) is 13.9. The fourth-order valence-electron chi connectivity index (χ4n) is 1.83. The molecule has 0 fully saturated rings. The number of rotatable bonds is 5. The van der Waals surface area contributed by atoms with Crippen LogP contribution in [-0.2, 0) is 4.79 Å². The lowest BCUT2D eigenvalue weighted by Crippen LogP contribution is -2.28. The molecule has 0 unspecified atom stereocenters. The quantitative estimate of drug-likeness (QED) is 0.643. The normalized spacial score (nSPS) is 9.75. The van der Waals surface area contributed by atoms with Gasteiger partial charge in [-0.15, -0.1) is 6.42 Å². The molecule has 0 saturated heterocycles. The van der Waals surface area contributed by atoms with Crippen molar-refractivity contribution in [3.8, 4) is 23.5 Å². The molecule has 0 saturated carbocycles. The first-order chi connectivity index (χ1) is 9.79. The van der Waals surface area contributed by atoms with Crippen LogP contribution < -0.4 is 10.6 Å². The Hall–Kier alpha value is -2.57. The summed E-state index contributed by atoms with van der Waals surface area (Å²) in [6, 6.07) is 17.8. The fourth-order valence-corrected chi connectivity index (χ4v) is 1.83. The predicted molar refractivity (Wildman–Crippen MR) is 82.2 cm³/mol. The molecule has 3 nitrogen and oxygen atoms in total. The maximum absolute atomic E-state index is 11.6. The molecule has 0 aliphatic heterocycles. The van der Waals surface area contributed by atoms with Crippen molar-refractivity contribution in [1.29, 1.82) is 0 Å². The van der Waals surface area contributed by atoms with Gasteiger partial charge in [0, 0.05) is 5.69 Å². The van der Waals surface area contributed by atoms with Crippen molar-refractivity contribution in [2.75, 3.05) is 18.4 Å². The average molecular weight is 264 g/mol. The molecule has 0 aliphatic carbocycles. The minimum Gasteiger partial charge on any atom is -0.325 e. The molecule has 0 bridgehead atoms. The third-order valence-electron chi connectivity index (χ3n) is 2.79. The van der Waals surface area contributed by atoms with Gasteiger partial charge in [0.25, 0.3) is 0 Å². The molecule has 2 aromatic rings. The molecule has 2 N–H and O–H groups in total. The first-order valence-electron chi connectivity index (χ1n) is 6.39. The second-order valence-electron chi connectivity index (χ2n) is 4.30. The van der Waals surface area contributed by atoms with Gasteiger partial charge < -0.3 is 5.32 Å². The zero-order valence-electron chi connectivity index (χ0n) is 11.1. The van der Waals surface area contributed by atoms with Crippen LogP contribution in [0.5, 0.6) is 0 Å². The molecule has 0 spiro atoms. The second-order valence-corrected chi connectivity index (χ2v) is 4.30. The van der Waals surface area contributed by atoms with Gasteiger partial charge in [0.2, 0.25) is 5.91 Å². The lowest BCUT2D eigenvalue weighted by Gasteiger charge is -2.07. The Morgan fingerprint density at radius 1 is 1.00 bits per heavy atom. The molecule has 0 atom stereocenters. The lowest BCUT2D eigenvalue weighted by molar-refractivity contribution is -0.115. The summed E-state index contributed by atoms with van der Waals surface area (Å²) < 4.78 is 0. The second kappa shape index (κ2) is 7.13. The van der Waals surface area contributed by atoms with E-state index in [9.17, 15) is 4.79 Å². The molecule has 20 heavy (non-hydrogen) atoms. The van der Waals surface area contributed by atoms with E-state index in [4.69, 9.17) is 6.42 Å². The van der Waals surface area contributed by atoms with Crippen LogP contribution in [0.15, 0.2) is 54.6 Å². The Balaban J connectivity index is 1.95. The minimum atomic E-state index is -0.104. The van der Waals surface area contributed by atoms with Gasteiger partial charge in [0.1, 0.15) is 0 Å². The molecule has 100 valence electrons. The number of hydrogen-bond donors (Lipinski definition) is 2. The van der Waals surface area contributed by atoms with E-state index in [0.717, 1.165) is 16.8 Å². The molecule has 0 aliphatic rings. The van der Waals surface area contributed by atoms with E-state index in [2.05, 4.69) is 28.7 Å². The molecule has 2 aromatic carbocycles. The van der Waals surface area contributed by atoms with Crippen molar-refractivity contribution >= 4 is 11.6 Å². The van der Waals surface area contributed by atoms with Gasteiger partial charge in [-0.3, -0.25) is 10.1 Å². The van der Waals surface area contributed by atoms with Gasteiger partial charge in [-0.25, -0.2) is 0 Å².